The fourth-order valence-electron chi connectivity index (χ4n) is 1.56. The van der Waals surface area contributed by atoms with Gasteiger partial charge in [-0.3, -0.25) is 10.1 Å². The molecule has 1 aromatic carbocycles. The molecular weight excluding hydrogens is 342 g/mol. The van der Waals surface area contributed by atoms with Gasteiger partial charge >= 0.3 is 11.9 Å². The SMILES string of the molecule is O=C(/C=C/c1ccc([N+](=O)[O-])o1)OCCSc1ccc(Cl)cc1. The zero-order chi connectivity index (χ0) is 16.7. The molecule has 1 heterocycles. The molecule has 0 amide bonds. The maximum Gasteiger partial charge on any atom is 0.433 e. The van der Waals surface area contributed by atoms with Crippen LogP contribution in [0.25, 0.3) is 6.08 Å². The highest BCUT2D eigenvalue weighted by atomic mass is 35.5. The molecule has 0 N–H and O–H groups in total. The molecule has 0 fully saturated rings. The van der Waals surface area contributed by atoms with Gasteiger partial charge in [-0.05, 0) is 36.4 Å². The number of esters is 1. The summed E-state index contributed by atoms with van der Waals surface area (Å²) < 4.78 is 9.90. The Hall–Kier alpha value is -2.25. The first-order valence-corrected chi connectivity index (χ1v) is 7.88. The number of nitro groups is 1. The third-order valence-corrected chi connectivity index (χ3v) is 3.81. The van der Waals surface area contributed by atoms with E-state index in [1.54, 1.807) is 12.1 Å². The highest BCUT2D eigenvalue weighted by Crippen LogP contribution is 2.20. The van der Waals surface area contributed by atoms with Crippen LogP contribution in [0.1, 0.15) is 5.76 Å². The lowest BCUT2D eigenvalue weighted by atomic mass is 10.4. The van der Waals surface area contributed by atoms with Crippen molar-refractivity contribution < 1.29 is 18.9 Å². The Labute approximate surface area is 141 Å². The van der Waals surface area contributed by atoms with Crippen LogP contribution in [0.15, 0.2) is 51.8 Å². The summed E-state index contributed by atoms with van der Waals surface area (Å²) in [4.78, 5) is 22.3. The molecule has 1 aromatic heterocycles. The zero-order valence-electron chi connectivity index (χ0n) is 11.8. The molecule has 2 aromatic rings. The fraction of sp³-hybridized carbons (Fsp3) is 0.133. The lowest BCUT2D eigenvalue weighted by Gasteiger charge is -2.02. The number of halogens is 1. The molecule has 6 nitrogen and oxygen atoms in total. The number of carbonyl (C=O) groups excluding carboxylic acids is 1. The molecule has 0 aliphatic rings. The first kappa shape index (κ1) is 17.1. The molecule has 2 rings (SSSR count). The number of carbonyl (C=O) groups is 1. The van der Waals surface area contributed by atoms with Gasteiger partial charge in [-0.25, -0.2) is 4.79 Å². The van der Waals surface area contributed by atoms with Crippen LogP contribution in [0.4, 0.5) is 5.88 Å². The van der Waals surface area contributed by atoms with Crippen molar-refractivity contribution in [1.82, 2.24) is 0 Å². The normalized spacial score (nSPS) is 10.8. The topological polar surface area (TPSA) is 82.6 Å². The number of benzene rings is 1. The number of thioether (sulfide) groups is 1. The van der Waals surface area contributed by atoms with Crippen LogP contribution in [0.3, 0.4) is 0 Å². The molecular formula is C15H12ClNO5S. The van der Waals surface area contributed by atoms with Crippen molar-refractivity contribution in [2.45, 2.75) is 4.90 Å². The molecule has 0 saturated carbocycles. The molecule has 0 bridgehead atoms. The number of nitrogens with zero attached hydrogens (tertiary/aromatic N) is 1. The molecule has 0 aliphatic carbocycles. The van der Waals surface area contributed by atoms with Crippen molar-refractivity contribution >= 4 is 41.3 Å². The van der Waals surface area contributed by atoms with Crippen LogP contribution in [-0.4, -0.2) is 23.3 Å². The summed E-state index contributed by atoms with van der Waals surface area (Å²) in [7, 11) is 0. The van der Waals surface area contributed by atoms with Gasteiger partial charge in [0.15, 0.2) is 0 Å². The number of hydrogen-bond donors (Lipinski definition) is 0. The fourth-order valence-corrected chi connectivity index (χ4v) is 2.42. The van der Waals surface area contributed by atoms with Crippen LogP contribution in [0.5, 0.6) is 0 Å². The molecule has 0 atom stereocenters. The standard InChI is InChI=1S/C15H12ClNO5S/c16-11-1-5-13(6-2-11)23-10-9-21-15(18)8-4-12-3-7-14(22-12)17(19)20/h1-8H,9-10H2/b8-4+. The van der Waals surface area contributed by atoms with Crippen LogP contribution in [0.2, 0.25) is 5.02 Å². The van der Waals surface area contributed by atoms with Crippen molar-refractivity contribution in [3.05, 3.63) is 63.4 Å². The predicted octanol–water partition coefficient (Wildman–Crippen LogP) is 4.19. The lowest BCUT2D eigenvalue weighted by Crippen LogP contribution is -2.03. The summed E-state index contributed by atoms with van der Waals surface area (Å²) in [5.74, 6) is -0.102. The molecule has 0 saturated heterocycles. The molecule has 8 heteroatoms. The molecule has 23 heavy (non-hydrogen) atoms. The molecule has 0 radical (unpaired) electrons. The second-order valence-corrected chi connectivity index (χ2v) is 5.84. The average Bonchev–Trinajstić information content (AvgIpc) is 3.00. The van der Waals surface area contributed by atoms with Gasteiger partial charge < -0.3 is 9.15 Å². The van der Waals surface area contributed by atoms with Crippen LogP contribution >= 0.6 is 23.4 Å². The van der Waals surface area contributed by atoms with Crippen molar-refractivity contribution in [1.29, 1.82) is 0 Å². The maximum absolute atomic E-state index is 11.5. The molecule has 0 unspecified atom stereocenters. The van der Waals surface area contributed by atoms with E-state index in [2.05, 4.69) is 0 Å². The average molecular weight is 354 g/mol. The van der Waals surface area contributed by atoms with Crippen molar-refractivity contribution in [2.24, 2.45) is 0 Å². The quantitative estimate of drug-likeness (QED) is 0.185. The lowest BCUT2D eigenvalue weighted by molar-refractivity contribution is -0.402. The van der Waals surface area contributed by atoms with Gasteiger partial charge in [0.25, 0.3) is 0 Å². The predicted molar refractivity (Wildman–Crippen MR) is 87.5 cm³/mol. The number of hydrogen-bond acceptors (Lipinski definition) is 6. The number of furan rings is 1. The Morgan fingerprint density at radius 2 is 2.04 bits per heavy atom. The van der Waals surface area contributed by atoms with E-state index in [1.165, 1.54) is 30.0 Å². The molecule has 0 aliphatic heterocycles. The van der Waals surface area contributed by atoms with Gasteiger partial charge in [-0.1, -0.05) is 11.6 Å². The van der Waals surface area contributed by atoms with Crippen molar-refractivity contribution in [2.75, 3.05) is 12.4 Å². The summed E-state index contributed by atoms with van der Waals surface area (Å²) in [6.07, 6.45) is 2.48. The minimum Gasteiger partial charge on any atom is -0.462 e. The van der Waals surface area contributed by atoms with E-state index in [0.717, 1.165) is 11.0 Å². The van der Waals surface area contributed by atoms with Crippen molar-refractivity contribution in [3.63, 3.8) is 0 Å². The highest BCUT2D eigenvalue weighted by Gasteiger charge is 2.10. The number of ether oxygens (including phenoxy) is 1. The third kappa shape index (κ3) is 5.80. The highest BCUT2D eigenvalue weighted by molar-refractivity contribution is 7.99. The van der Waals surface area contributed by atoms with E-state index in [1.807, 2.05) is 12.1 Å². The molecule has 120 valence electrons. The molecule has 0 spiro atoms. The second kappa shape index (κ2) is 8.40. The Bertz CT molecular complexity index is 711. The minimum absolute atomic E-state index is 0.212. The van der Waals surface area contributed by atoms with E-state index in [-0.39, 0.29) is 18.3 Å². The summed E-state index contributed by atoms with van der Waals surface area (Å²) in [5, 5.41) is 11.1. The van der Waals surface area contributed by atoms with E-state index in [9.17, 15) is 14.9 Å². The summed E-state index contributed by atoms with van der Waals surface area (Å²) >= 11 is 7.33. The largest absolute Gasteiger partial charge is 0.462 e. The first-order chi connectivity index (χ1) is 11.0. The zero-order valence-corrected chi connectivity index (χ0v) is 13.4. The van der Waals surface area contributed by atoms with E-state index in [4.69, 9.17) is 20.8 Å². The third-order valence-electron chi connectivity index (χ3n) is 2.59. The van der Waals surface area contributed by atoms with E-state index in [0.29, 0.717) is 10.8 Å². The Morgan fingerprint density at radius 1 is 1.30 bits per heavy atom. The smallest absolute Gasteiger partial charge is 0.433 e. The summed E-state index contributed by atoms with van der Waals surface area (Å²) in [5.41, 5.74) is 0. The van der Waals surface area contributed by atoms with Crippen LogP contribution < -0.4 is 0 Å². The maximum atomic E-state index is 11.5. The first-order valence-electron chi connectivity index (χ1n) is 6.52. The van der Waals surface area contributed by atoms with Gasteiger partial charge in [-0.2, -0.15) is 0 Å². The summed E-state index contributed by atoms with van der Waals surface area (Å²) in [6, 6.07) is 9.98. The number of rotatable bonds is 7. The van der Waals surface area contributed by atoms with Crippen LogP contribution in [-0.2, 0) is 9.53 Å². The monoisotopic (exact) mass is 353 g/mol. The van der Waals surface area contributed by atoms with E-state index < -0.39 is 10.9 Å². The Kier molecular flexibility index (Phi) is 6.25. The van der Waals surface area contributed by atoms with Gasteiger partial charge in [0.2, 0.25) is 0 Å². The minimum atomic E-state index is -0.649. The Balaban J connectivity index is 1.71. The van der Waals surface area contributed by atoms with Gasteiger partial charge in [0, 0.05) is 21.7 Å². The second-order valence-electron chi connectivity index (χ2n) is 4.24. The van der Waals surface area contributed by atoms with Crippen molar-refractivity contribution in [3.8, 4) is 0 Å². The van der Waals surface area contributed by atoms with Crippen LogP contribution in [0, 0.1) is 10.1 Å². The van der Waals surface area contributed by atoms with Gasteiger partial charge in [0.05, 0.1) is 6.07 Å². The summed E-state index contributed by atoms with van der Waals surface area (Å²) in [6.45, 7) is 0.245. The van der Waals surface area contributed by atoms with E-state index >= 15 is 0 Å². The van der Waals surface area contributed by atoms with Gasteiger partial charge in [0.1, 0.15) is 17.3 Å². The van der Waals surface area contributed by atoms with Gasteiger partial charge in [-0.15, -0.1) is 11.8 Å². The Morgan fingerprint density at radius 3 is 2.70 bits per heavy atom.